The Kier molecular flexibility index (Phi) is 7.93. The van der Waals surface area contributed by atoms with Crippen LogP contribution in [-0.2, 0) is 14.9 Å². The largest absolute Gasteiger partial charge is 0.393 e. The number of nitrogens with one attached hydrogen (secondary N) is 1. The molecule has 4 aliphatic carbocycles. The van der Waals surface area contributed by atoms with Crippen molar-refractivity contribution in [2.24, 2.45) is 52.3 Å². The summed E-state index contributed by atoms with van der Waals surface area (Å²) in [5.74, 6) is 0.324. The predicted octanol–water partition coefficient (Wildman–Crippen LogP) is 2.61. The molecule has 4 unspecified atom stereocenters. The number of fused-ring (bicyclic) bond motifs is 5. The van der Waals surface area contributed by atoms with Crippen molar-refractivity contribution in [3.8, 4) is 0 Å². The molecule has 0 aromatic rings. The highest BCUT2D eigenvalue weighted by atomic mass is 32.2. The lowest BCUT2D eigenvalue weighted by molar-refractivity contribution is -0.207. The van der Waals surface area contributed by atoms with Crippen molar-refractivity contribution in [3.63, 3.8) is 0 Å². The highest BCUT2D eigenvalue weighted by Gasteiger charge is 2.65. The van der Waals surface area contributed by atoms with Gasteiger partial charge in [-0.25, -0.2) is 0 Å². The third kappa shape index (κ3) is 4.99. The van der Waals surface area contributed by atoms with Gasteiger partial charge >= 0.3 is 0 Å². The Bertz CT molecular complexity index is 927. The summed E-state index contributed by atoms with van der Waals surface area (Å²) in [6.45, 7) is 8.41. The Morgan fingerprint density at radius 2 is 1.72 bits per heavy atom. The van der Waals surface area contributed by atoms with Gasteiger partial charge in [0.05, 0.1) is 24.1 Å². The van der Waals surface area contributed by atoms with Gasteiger partial charge in [0.1, 0.15) is 0 Å². The van der Waals surface area contributed by atoms with Crippen molar-refractivity contribution in [2.75, 3.05) is 12.3 Å². The maximum atomic E-state index is 12.5. The smallest absolute Gasteiger partial charge is 0.266 e. The molecule has 208 valence electrons. The molecule has 0 aliphatic heterocycles. The minimum absolute atomic E-state index is 0.0454. The molecule has 0 heterocycles. The summed E-state index contributed by atoms with van der Waals surface area (Å²) in [5.41, 5.74) is -0.274. The monoisotopic (exact) mass is 529 g/mol. The van der Waals surface area contributed by atoms with Gasteiger partial charge in [0.2, 0.25) is 5.91 Å². The first-order chi connectivity index (χ1) is 16.7. The van der Waals surface area contributed by atoms with Crippen LogP contribution < -0.4 is 5.32 Å². The Morgan fingerprint density at radius 3 is 2.39 bits per heavy atom. The molecule has 4 aliphatic rings. The van der Waals surface area contributed by atoms with Crippen molar-refractivity contribution in [1.82, 2.24) is 5.32 Å². The van der Waals surface area contributed by atoms with E-state index in [9.17, 15) is 28.5 Å². The standard InChI is InChI=1S/C27H47NO7S/c1-15(11-16(2)25(32)28-9-10-36(33,34)35)19-5-6-20-24-21(14-23(31)27(19,20)4)26(3)8-7-18(29)12-17(26)13-22(24)30/h15-24,29-31H,5-14H2,1-4H3,(H,28,32)(H,33,34,35)/t15-,16+,17?,18-,19-,20?,21?,22+,23+,24?,26+,27-/m1/s1. The van der Waals surface area contributed by atoms with Crippen LogP contribution in [0.1, 0.15) is 79.1 Å². The van der Waals surface area contributed by atoms with Gasteiger partial charge in [-0.3, -0.25) is 9.35 Å². The first kappa shape index (κ1) is 28.3. The zero-order chi connectivity index (χ0) is 26.6. The molecule has 8 nitrogen and oxygen atoms in total. The van der Waals surface area contributed by atoms with Gasteiger partial charge in [-0.2, -0.15) is 8.42 Å². The van der Waals surface area contributed by atoms with E-state index in [2.05, 4.69) is 26.1 Å². The lowest BCUT2D eigenvalue weighted by Gasteiger charge is -2.63. The number of hydrogen-bond donors (Lipinski definition) is 5. The van der Waals surface area contributed by atoms with Crippen LogP contribution in [0.4, 0.5) is 0 Å². The molecule has 12 atom stereocenters. The van der Waals surface area contributed by atoms with Gasteiger partial charge in [0.25, 0.3) is 10.1 Å². The zero-order valence-corrected chi connectivity index (χ0v) is 23.1. The molecule has 9 heteroatoms. The van der Waals surface area contributed by atoms with Crippen molar-refractivity contribution in [2.45, 2.75) is 97.4 Å². The van der Waals surface area contributed by atoms with E-state index in [1.807, 2.05) is 6.92 Å². The molecule has 0 aromatic heterocycles. The summed E-state index contributed by atoms with van der Waals surface area (Å²) >= 11 is 0. The molecule has 4 rings (SSSR count). The number of aliphatic hydroxyl groups excluding tert-OH is 3. The SMILES string of the molecule is C[C@H](C[C@H](C)C(=O)NCCS(=O)(=O)O)[C@H]1CCC2C3C(C[C@H](O)[C@@]21C)[C@@]1(C)CC[C@@H](O)CC1C[C@@H]3O. The maximum Gasteiger partial charge on any atom is 0.266 e. The van der Waals surface area contributed by atoms with E-state index in [0.29, 0.717) is 18.8 Å². The first-order valence-electron chi connectivity index (χ1n) is 14.0. The van der Waals surface area contributed by atoms with E-state index >= 15 is 0 Å². The first-order valence-corrected chi connectivity index (χ1v) is 15.6. The summed E-state index contributed by atoms with van der Waals surface area (Å²) in [4.78, 5) is 12.5. The van der Waals surface area contributed by atoms with Crippen molar-refractivity contribution in [3.05, 3.63) is 0 Å². The van der Waals surface area contributed by atoms with Gasteiger partial charge < -0.3 is 20.6 Å². The van der Waals surface area contributed by atoms with Gasteiger partial charge in [-0.05, 0) is 97.7 Å². The fraction of sp³-hybridized carbons (Fsp3) is 0.963. The molecule has 0 spiro atoms. The van der Waals surface area contributed by atoms with E-state index in [1.54, 1.807) is 0 Å². The molecule has 36 heavy (non-hydrogen) atoms. The minimum Gasteiger partial charge on any atom is -0.393 e. The molecular weight excluding hydrogens is 482 g/mol. The fourth-order valence-electron chi connectivity index (χ4n) is 9.44. The zero-order valence-electron chi connectivity index (χ0n) is 22.3. The summed E-state index contributed by atoms with van der Waals surface area (Å²) in [5, 5.41) is 36.0. The van der Waals surface area contributed by atoms with Gasteiger partial charge in [0.15, 0.2) is 0 Å². The Morgan fingerprint density at radius 1 is 1.03 bits per heavy atom. The highest BCUT2D eigenvalue weighted by Crippen LogP contribution is 2.68. The number of hydrogen-bond acceptors (Lipinski definition) is 6. The molecular formula is C27H47NO7S. The molecule has 0 radical (unpaired) electrons. The van der Waals surface area contributed by atoms with Crippen molar-refractivity contribution in [1.29, 1.82) is 0 Å². The summed E-state index contributed by atoms with van der Waals surface area (Å²) in [6.07, 6.45) is 5.33. The van der Waals surface area contributed by atoms with Gasteiger partial charge in [0, 0.05) is 12.5 Å². The minimum atomic E-state index is -4.11. The molecule has 4 fully saturated rings. The van der Waals surface area contributed by atoms with Crippen molar-refractivity contribution < 1.29 is 33.1 Å². The van der Waals surface area contributed by atoms with Crippen molar-refractivity contribution >= 4 is 16.0 Å². The Labute approximate surface area is 216 Å². The van der Waals surface area contributed by atoms with E-state index in [1.165, 1.54) is 0 Å². The summed E-state index contributed by atoms with van der Waals surface area (Å²) < 4.78 is 30.7. The number of carbonyl (C=O) groups is 1. The normalized spacial score (nSPS) is 46.2. The number of amides is 1. The van der Waals surface area contributed by atoms with Gasteiger partial charge in [-0.1, -0.05) is 27.7 Å². The Hall–Kier alpha value is -0.740. The van der Waals surface area contributed by atoms with E-state index in [-0.39, 0.29) is 64.9 Å². The van der Waals surface area contributed by atoms with Crippen LogP contribution in [0.15, 0.2) is 0 Å². The molecule has 0 aromatic carbocycles. The second-order valence-corrected chi connectivity index (χ2v) is 14.8. The summed E-state index contributed by atoms with van der Waals surface area (Å²) in [6, 6.07) is 0. The molecule has 5 N–H and O–H groups in total. The average Bonchev–Trinajstić information content (AvgIpc) is 3.13. The third-order valence-electron chi connectivity index (χ3n) is 11.4. The quantitative estimate of drug-likeness (QED) is 0.319. The topological polar surface area (TPSA) is 144 Å². The van der Waals surface area contributed by atoms with Crippen LogP contribution in [0, 0.1) is 52.3 Å². The van der Waals surface area contributed by atoms with Crippen LogP contribution in [0.2, 0.25) is 0 Å². The average molecular weight is 530 g/mol. The van der Waals surface area contributed by atoms with Crippen LogP contribution in [-0.4, -0.2) is 64.8 Å². The van der Waals surface area contributed by atoms with E-state index in [4.69, 9.17) is 4.55 Å². The molecule has 1 amide bonds. The van der Waals surface area contributed by atoms with E-state index < -0.39 is 28.1 Å². The number of aliphatic hydroxyl groups is 3. The molecule has 4 saturated carbocycles. The Balaban J connectivity index is 1.46. The number of rotatable bonds is 7. The lowest BCUT2D eigenvalue weighted by atomic mass is 9.43. The highest BCUT2D eigenvalue weighted by molar-refractivity contribution is 7.85. The fourth-order valence-corrected chi connectivity index (χ4v) is 9.80. The molecule has 0 bridgehead atoms. The van der Waals surface area contributed by atoms with Crippen LogP contribution >= 0.6 is 0 Å². The maximum absolute atomic E-state index is 12.5. The van der Waals surface area contributed by atoms with Crippen LogP contribution in [0.5, 0.6) is 0 Å². The second-order valence-electron chi connectivity index (χ2n) is 13.2. The third-order valence-corrected chi connectivity index (χ3v) is 12.1. The van der Waals surface area contributed by atoms with Gasteiger partial charge in [-0.15, -0.1) is 0 Å². The van der Waals surface area contributed by atoms with E-state index in [0.717, 1.165) is 38.5 Å². The summed E-state index contributed by atoms with van der Waals surface area (Å²) in [7, 11) is -4.11. The van der Waals surface area contributed by atoms with Crippen LogP contribution in [0.3, 0.4) is 0 Å². The molecule has 0 saturated heterocycles. The predicted molar refractivity (Wildman–Crippen MR) is 136 cm³/mol. The second kappa shape index (κ2) is 10.1. The van der Waals surface area contributed by atoms with Crippen LogP contribution in [0.25, 0.3) is 0 Å². The lowest BCUT2D eigenvalue weighted by Crippen LogP contribution is -2.62. The number of carbonyl (C=O) groups excluding carboxylic acids is 1.